The molecular formula is C50H28N6. The van der Waals surface area contributed by atoms with Crippen molar-refractivity contribution in [2.75, 3.05) is 0 Å². The molecule has 258 valence electrons. The largest absolute Gasteiger partial charge is 0.307 e. The molecule has 0 saturated heterocycles. The van der Waals surface area contributed by atoms with Gasteiger partial charge in [-0.25, -0.2) is 9.83 Å². The van der Waals surface area contributed by atoms with Gasteiger partial charge in [0.1, 0.15) is 5.82 Å². The molecule has 6 nitrogen and oxygen atoms in total. The van der Waals surface area contributed by atoms with Crippen molar-refractivity contribution in [1.29, 1.82) is 10.5 Å². The van der Waals surface area contributed by atoms with E-state index in [4.69, 9.17) is 11.6 Å². The van der Waals surface area contributed by atoms with Crippen LogP contribution in [0, 0.1) is 29.2 Å². The molecule has 3 aromatic heterocycles. The lowest BCUT2D eigenvalue weighted by Gasteiger charge is -2.17. The van der Waals surface area contributed by atoms with Gasteiger partial charge in [-0.1, -0.05) is 121 Å². The van der Waals surface area contributed by atoms with Crippen LogP contribution in [0.15, 0.2) is 170 Å². The predicted molar refractivity (Wildman–Crippen MR) is 225 cm³/mol. The number of nitriles is 2. The van der Waals surface area contributed by atoms with E-state index in [1.807, 2.05) is 103 Å². The number of aromatic nitrogens is 3. The van der Waals surface area contributed by atoms with E-state index < -0.39 is 0 Å². The molecule has 0 aliphatic heterocycles. The van der Waals surface area contributed by atoms with E-state index >= 15 is 0 Å². The highest BCUT2D eigenvalue weighted by Gasteiger charge is 2.22. The number of fused-ring (bicyclic) bond motifs is 6. The smallest absolute Gasteiger partial charge is 0.194 e. The Kier molecular flexibility index (Phi) is 7.53. The molecule has 0 aliphatic carbocycles. The predicted octanol–water partition coefficient (Wildman–Crippen LogP) is 12.6. The zero-order valence-electron chi connectivity index (χ0n) is 29.8. The minimum absolute atomic E-state index is 0.551. The molecule has 0 aliphatic rings. The Bertz CT molecular complexity index is 3360. The van der Waals surface area contributed by atoms with E-state index in [0.717, 1.165) is 82.7 Å². The second-order valence-electron chi connectivity index (χ2n) is 13.7. The maximum atomic E-state index is 10.4. The third-order valence-corrected chi connectivity index (χ3v) is 10.7. The summed E-state index contributed by atoms with van der Waals surface area (Å²) in [6.45, 7) is 7.83. The van der Waals surface area contributed by atoms with Crippen LogP contribution in [0.2, 0.25) is 0 Å². The quantitative estimate of drug-likeness (QED) is 0.167. The minimum atomic E-state index is 0.551. The summed E-state index contributed by atoms with van der Waals surface area (Å²) in [7, 11) is 0. The SMILES string of the molecule is [C-]#[N+]c1ccccc1-c1ccc2c3ccccc3n(-c3cc(-c4ccccc4C#N)c(-n4c5ccccc5c5ccc(-c6ccccc6C#N)cc54)cn3)c2c1. The van der Waals surface area contributed by atoms with Crippen molar-refractivity contribution in [1.82, 2.24) is 14.1 Å². The van der Waals surface area contributed by atoms with Gasteiger partial charge in [-0.05, 0) is 64.7 Å². The van der Waals surface area contributed by atoms with Crippen LogP contribution in [0.3, 0.4) is 0 Å². The van der Waals surface area contributed by atoms with E-state index in [-0.39, 0.29) is 0 Å². The molecule has 0 fully saturated rings. The number of benzene rings is 7. The van der Waals surface area contributed by atoms with E-state index in [0.29, 0.717) is 22.6 Å². The van der Waals surface area contributed by atoms with Gasteiger partial charge in [0.05, 0.1) is 63.8 Å². The van der Waals surface area contributed by atoms with Crippen molar-refractivity contribution in [3.63, 3.8) is 0 Å². The average molecular weight is 713 g/mol. The van der Waals surface area contributed by atoms with Gasteiger partial charge in [0.15, 0.2) is 5.69 Å². The Morgan fingerprint density at radius 2 is 0.964 bits per heavy atom. The summed E-state index contributed by atoms with van der Waals surface area (Å²) in [6.07, 6.45) is 1.92. The van der Waals surface area contributed by atoms with Crippen LogP contribution in [-0.2, 0) is 0 Å². The topological polar surface area (TPSA) is 74.7 Å². The molecule has 0 saturated carbocycles. The molecule has 10 aromatic rings. The molecule has 10 rings (SSSR count). The number of rotatable bonds is 5. The summed E-state index contributed by atoms with van der Waals surface area (Å²) in [6, 6.07) is 59.3. The third kappa shape index (κ3) is 4.97. The number of hydrogen-bond donors (Lipinski definition) is 0. The summed E-state index contributed by atoms with van der Waals surface area (Å²) in [5.74, 6) is 0.697. The zero-order valence-corrected chi connectivity index (χ0v) is 29.8. The van der Waals surface area contributed by atoms with E-state index in [9.17, 15) is 10.5 Å². The molecular weight excluding hydrogens is 685 g/mol. The van der Waals surface area contributed by atoms with Crippen LogP contribution in [0.5, 0.6) is 0 Å². The summed E-state index contributed by atoms with van der Waals surface area (Å²) in [4.78, 5) is 9.05. The van der Waals surface area contributed by atoms with Crippen LogP contribution < -0.4 is 0 Å². The lowest BCUT2D eigenvalue weighted by atomic mass is 9.98. The van der Waals surface area contributed by atoms with Crippen LogP contribution in [0.1, 0.15) is 11.1 Å². The first kappa shape index (κ1) is 32.4. The Hall–Kier alpha value is -8.24. The van der Waals surface area contributed by atoms with Crippen molar-refractivity contribution in [2.45, 2.75) is 0 Å². The number of pyridine rings is 1. The maximum Gasteiger partial charge on any atom is 0.194 e. The molecule has 0 bridgehead atoms. The van der Waals surface area contributed by atoms with Gasteiger partial charge in [0.2, 0.25) is 0 Å². The number of para-hydroxylation sites is 3. The normalized spacial score (nSPS) is 11.2. The Morgan fingerprint density at radius 3 is 1.62 bits per heavy atom. The lowest BCUT2D eigenvalue weighted by molar-refractivity contribution is 1.06. The van der Waals surface area contributed by atoms with Gasteiger partial charge >= 0.3 is 0 Å². The van der Waals surface area contributed by atoms with Gasteiger partial charge in [-0.15, -0.1) is 0 Å². The van der Waals surface area contributed by atoms with Crippen molar-refractivity contribution < 1.29 is 0 Å². The fourth-order valence-electron chi connectivity index (χ4n) is 8.20. The second-order valence-corrected chi connectivity index (χ2v) is 13.7. The van der Waals surface area contributed by atoms with Crippen molar-refractivity contribution in [2.24, 2.45) is 0 Å². The second kappa shape index (κ2) is 13.0. The van der Waals surface area contributed by atoms with E-state index in [1.54, 1.807) is 0 Å². The summed E-state index contributed by atoms with van der Waals surface area (Å²) in [5.41, 5.74) is 11.7. The van der Waals surface area contributed by atoms with Gasteiger partial charge in [0, 0.05) is 32.7 Å². The van der Waals surface area contributed by atoms with Gasteiger partial charge in [-0.2, -0.15) is 10.5 Å². The molecule has 7 aromatic carbocycles. The maximum absolute atomic E-state index is 10.4. The summed E-state index contributed by atoms with van der Waals surface area (Å²) in [5, 5.41) is 24.7. The molecule has 0 spiro atoms. The van der Waals surface area contributed by atoms with E-state index in [2.05, 4.69) is 92.8 Å². The van der Waals surface area contributed by atoms with Crippen LogP contribution in [0.4, 0.5) is 5.69 Å². The Balaban J connectivity index is 1.28. The fraction of sp³-hybridized carbons (Fsp3) is 0. The van der Waals surface area contributed by atoms with Crippen molar-refractivity contribution in [3.05, 3.63) is 193 Å². The van der Waals surface area contributed by atoms with Crippen molar-refractivity contribution in [3.8, 4) is 57.0 Å². The third-order valence-electron chi connectivity index (χ3n) is 10.7. The molecule has 0 atom stereocenters. The van der Waals surface area contributed by atoms with Crippen molar-refractivity contribution >= 4 is 49.3 Å². The zero-order chi connectivity index (χ0) is 37.8. The first-order valence-electron chi connectivity index (χ1n) is 18.2. The minimum Gasteiger partial charge on any atom is -0.307 e. The highest BCUT2D eigenvalue weighted by atomic mass is 15.1. The van der Waals surface area contributed by atoms with Gasteiger partial charge in [0.25, 0.3) is 0 Å². The standard InChI is InChI=1S/C50H28N6/c1-53-44-19-9-6-16-38(44)33-23-25-42-40-18-8-11-21-46(40)56(48(42)27-33)50-28-43(37-15-5-3-13-35(37)30-52)49(31-54-50)55-45-20-10-7-17-39(45)41-24-22-32(26-47(41)55)36-14-4-2-12-34(36)29-51/h2-28,31H. The molecule has 0 unspecified atom stereocenters. The first-order chi connectivity index (χ1) is 27.7. The average Bonchev–Trinajstić information content (AvgIpc) is 3.78. The first-order valence-corrected chi connectivity index (χ1v) is 18.2. The summed E-state index contributed by atoms with van der Waals surface area (Å²) < 4.78 is 4.41. The highest BCUT2D eigenvalue weighted by molar-refractivity contribution is 6.12. The highest BCUT2D eigenvalue weighted by Crippen LogP contribution is 2.41. The molecule has 56 heavy (non-hydrogen) atoms. The van der Waals surface area contributed by atoms with Crippen LogP contribution in [-0.4, -0.2) is 14.1 Å². The molecule has 6 heteroatoms. The van der Waals surface area contributed by atoms with Crippen LogP contribution in [0.25, 0.3) is 93.3 Å². The molecule has 0 amide bonds. The monoisotopic (exact) mass is 712 g/mol. The van der Waals surface area contributed by atoms with Crippen LogP contribution >= 0.6 is 0 Å². The van der Waals surface area contributed by atoms with E-state index in [1.165, 1.54) is 0 Å². The Labute approximate surface area is 322 Å². The fourth-order valence-corrected chi connectivity index (χ4v) is 8.20. The lowest BCUT2D eigenvalue weighted by Crippen LogP contribution is -2.04. The van der Waals surface area contributed by atoms with Gasteiger partial charge in [-0.3, -0.25) is 4.57 Å². The van der Waals surface area contributed by atoms with Gasteiger partial charge < -0.3 is 4.57 Å². The Morgan fingerprint density at radius 1 is 0.464 bits per heavy atom. The summed E-state index contributed by atoms with van der Waals surface area (Å²) >= 11 is 0. The molecule has 3 heterocycles. The number of nitrogens with zero attached hydrogens (tertiary/aromatic N) is 6. The molecule has 0 radical (unpaired) electrons. The molecule has 0 N–H and O–H groups in total. The number of hydrogen-bond acceptors (Lipinski definition) is 3.